The Labute approximate surface area is 219 Å². The van der Waals surface area contributed by atoms with E-state index >= 15 is 0 Å². The smallest absolute Gasteiger partial charge is 0.269 e. The zero-order valence-corrected chi connectivity index (χ0v) is 21.6. The van der Waals surface area contributed by atoms with Gasteiger partial charge in [0.1, 0.15) is 12.4 Å². The second kappa shape index (κ2) is 11.5. The number of nitrogens with zero attached hydrogens (tertiary/aromatic N) is 3. The molecule has 0 bridgehead atoms. The van der Waals surface area contributed by atoms with E-state index in [0.717, 1.165) is 16.8 Å². The molecule has 196 valence electrons. The summed E-state index contributed by atoms with van der Waals surface area (Å²) in [7, 11) is 3.19. The molecule has 0 fully saturated rings. The van der Waals surface area contributed by atoms with Crippen molar-refractivity contribution in [1.82, 2.24) is 9.78 Å². The van der Waals surface area contributed by atoms with Crippen molar-refractivity contribution in [2.75, 3.05) is 19.5 Å². The van der Waals surface area contributed by atoms with Gasteiger partial charge in [-0.3, -0.25) is 19.6 Å². The average molecular weight is 517 g/mol. The highest BCUT2D eigenvalue weighted by Crippen LogP contribution is 2.29. The van der Waals surface area contributed by atoms with Gasteiger partial charge in [-0.2, -0.15) is 5.10 Å². The quantitative estimate of drug-likeness (QED) is 0.224. The minimum absolute atomic E-state index is 0.00588. The highest BCUT2D eigenvalue weighted by atomic mass is 16.6. The summed E-state index contributed by atoms with van der Waals surface area (Å²) in [6.45, 7) is 4.46. The van der Waals surface area contributed by atoms with E-state index in [0.29, 0.717) is 40.7 Å². The molecule has 0 radical (unpaired) electrons. The molecule has 0 aliphatic carbocycles. The van der Waals surface area contributed by atoms with Crippen LogP contribution in [0.15, 0.2) is 66.7 Å². The van der Waals surface area contributed by atoms with Crippen LogP contribution < -0.4 is 19.5 Å². The molecule has 4 aromatic rings. The Kier molecular flexibility index (Phi) is 7.91. The van der Waals surface area contributed by atoms with Crippen molar-refractivity contribution in [2.24, 2.45) is 0 Å². The lowest BCUT2D eigenvalue weighted by Gasteiger charge is -2.11. The summed E-state index contributed by atoms with van der Waals surface area (Å²) in [4.78, 5) is 23.4. The van der Waals surface area contributed by atoms with Gasteiger partial charge in [-0.15, -0.1) is 0 Å². The Bertz CT molecular complexity index is 1460. The van der Waals surface area contributed by atoms with Crippen LogP contribution >= 0.6 is 0 Å². The van der Waals surface area contributed by atoms with Gasteiger partial charge in [0.2, 0.25) is 0 Å². The molecule has 10 nitrogen and oxygen atoms in total. The van der Waals surface area contributed by atoms with Crippen LogP contribution in [0.5, 0.6) is 17.2 Å². The molecule has 0 atom stereocenters. The molecule has 10 heteroatoms. The third-order valence-corrected chi connectivity index (χ3v) is 6.04. The number of nitro groups is 1. The van der Waals surface area contributed by atoms with Crippen molar-refractivity contribution < 1.29 is 23.9 Å². The summed E-state index contributed by atoms with van der Waals surface area (Å²) in [6, 6.07) is 18.6. The standard InChI is InChI=1S/C28H28N4O6/c1-18-27(19(2)31(30-18)16-20-8-13-25(36-3)26(15-20)37-4)29-28(33)22-7-5-6-21(14-22)17-38-24-11-9-23(10-12-24)32(34)35/h5-15H,16-17H2,1-4H3,(H,29,33). The van der Waals surface area contributed by atoms with Crippen molar-refractivity contribution in [3.05, 3.63) is 105 Å². The van der Waals surface area contributed by atoms with E-state index in [-0.39, 0.29) is 18.2 Å². The van der Waals surface area contributed by atoms with E-state index in [1.807, 2.05) is 42.8 Å². The van der Waals surface area contributed by atoms with Gasteiger partial charge in [-0.25, -0.2) is 0 Å². The van der Waals surface area contributed by atoms with E-state index in [9.17, 15) is 14.9 Å². The fraction of sp³-hybridized carbons (Fsp3) is 0.214. The average Bonchev–Trinajstić information content (AvgIpc) is 3.19. The van der Waals surface area contributed by atoms with Gasteiger partial charge >= 0.3 is 0 Å². The molecule has 0 spiro atoms. The van der Waals surface area contributed by atoms with Gasteiger partial charge in [0.05, 0.1) is 42.8 Å². The van der Waals surface area contributed by atoms with Crippen LogP contribution in [0.4, 0.5) is 11.4 Å². The summed E-state index contributed by atoms with van der Waals surface area (Å²) >= 11 is 0. The number of methoxy groups -OCH3 is 2. The highest BCUT2D eigenvalue weighted by Gasteiger charge is 2.17. The fourth-order valence-corrected chi connectivity index (χ4v) is 4.00. The molecule has 3 aromatic carbocycles. The van der Waals surface area contributed by atoms with Crippen molar-refractivity contribution in [1.29, 1.82) is 0 Å². The molecule has 0 saturated heterocycles. The van der Waals surface area contributed by atoms with Gasteiger partial charge < -0.3 is 19.5 Å². The fourth-order valence-electron chi connectivity index (χ4n) is 4.00. The highest BCUT2D eigenvalue weighted by molar-refractivity contribution is 6.05. The molecule has 1 aromatic heterocycles. The normalized spacial score (nSPS) is 10.6. The lowest BCUT2D eigenvalue weighted by atomic mass is 10.1. The monoisotopic (exact) mass is 516 g/mol. The zero-order chi connectivity index (χ0) is 27.2. The number of hydrogen-bond donors (Lipinski definition) is 1. The maximum Gasteiger partial charge on any atom is 0.269 e. The number of carbonyl (C=O) groups excluding carboxylic acids is 1. The number of benzene rings is 3. The van der Waals surface area contributed by atoms with E-state index in [2.05, 4.69) is 10.4 Å². The first kappa shape index (κ1) is 26.2. The Morgan fingerprint density at radius 3 is 2.39 bits per heavy atom. The van der Waals surface area contributed by atoms with E-state index in [1.165, 1.54) is 12.1 Å². The van der Waals surface area contributed by atoms with Crippen LogP contribution in [0, 0.1) is 24.0 Å². The Morgan fingerprint density at radius 1 is 0.974 bits per heavy atom. The minimum atomic E-state index is -0.463. The number of hydrogen-bond acceptors (Lipinski definition) is 7. The molecule has 1 N–H and O–H groups in total. The number of anilines is 1. The van der Waals surface area contributed by atoms with Gasteiger partial charge in [-0.1, -0.05) is 18.2 Å². The Balaban J connectivity index is 1.44. The molecule has 0 aliphatic heterocycles. The molecule has 0 unspecified atom stereocenters. The molecule has 0 aliphatic rings. The van der Waals surface area contributed by atoms with E-state index < -0.39 is 4.92 Å². The van der Waals surface area contributed by atoms with Crippen LogP contribution in [0.3, 0.4) is 0 Å². The minimum Gasteiger partial charge on any atom is -0.493 e. The van der Waals surface area contributed by atoms with Crippen molar-refractivity contribution in [3.8, 4) is 17.2 Å². The molecular weight excluding hydrogens is 488 g/mol. The van der Waals surface area contributed by atoms with Crippen molar-refractivity contribution in [3.63, 3.8) is 0 Å². The first-order chi connectivity index (χ1) is 18.3. The van der Waals surface area contributed by atoms with Gasteiger partial charge in [0, 0.05) is 17.7 Å². The number of amides is 1. The number of nitrogens with one attached hydrogen (secondary N) is 1. The third-order valence-electron chi connectivity index (χ3n) is 6.04. The zero-order valence-electron chi connectivity index (χ0n) is 21.6. The molecule has 38 heavy (non-hydrogen) atoms. The lowest BCUT2D eigenvalue weighted by molar-refractivity contribution is -0.384. The molecular formula is C28H28N4O6. The molecule has 4 rings (SSSR count). The molecule has 1 heterocycles. The second-order valence-electron chi connectivity index (χ2n) is 8.59. The van der Waals surface area contributed by atoms with Crippen LogP contribution in [0.2, 0.25) is 0 Å². The SMILES string of the molecule is COc1ccc(Cn2nc(C)c(NC(=O)c3cccc(COc4ccc([N+](=O)[O-])cc4)c3)c2C)cc1OC. The predicted octanol–water partition coefficient (Wildman–Crippen LogP) is 5.30. The molecule has 1 amide bonds. The van der Waals surface area contributed by atoms with E-state index in [4.69, 9.17) is 14.2 Å². The second-order valence-corrected chi connectivity index (χ2v) is 8.59. The number of non-ortho nitro benzene ring substituents is 1. The van der Waals surface area contributed by atoms with Crippen molar-refractivity contribution in [2.45, 2.75) is 27.0 Å². The first-order valence-corrected chi connectivity index (χ1v) is 11.8. The van der Waals surface area contributed by atoms with Gasteiger partial charge in [0.15, 0.2) is 11.5 Å². The van der Waals surface area contributed by atoms with Crippen molar-refractivity contribution >= 4 is 17.3 Å². The Hall–Kier alpha value is -4.86. The van der Waals surface area contributed by atoms with Crippen LogP contribution in [-0.4, -0.2) is 34.8 Å². The maximum atomic E-state index is 13.1. The van der Waals surface area contributed by atoms with Gasteiger partial charge in [-0.05, 0) is 61.4 Å². The summed E-state index contributed by atoms with van der Waals surface area (Å²) in [6.07, 6.45) is 0. The summed E-state index contributed by atoms with van der Waals surface area (Å²) in [5.74, 6) is 1.52. The number of carbonyl (C=O) groups is 1. The number of ether oxygens (including phenoxy) is 3. The largest absolute Gasteiger partial charge is 0.493 e. The van der Waals surface area contributed by atoms with E-state index in [1.54, 1.807) is 44.6 Å². The number of aryl methyl sites for hydroxylation is 1. The predicted molar refractivity (Wildman–Crippen MR) is 142 cm³/mol. The van der Waals surface area contributed by atoms with Crippen LogP contribution in [0.25, 0.3) is 0 Å². The maximum absolute atomic E-state index is 13.1. The number of aromatic nitrogens is 2. The first-order valence-electron chi connectivity index (χ1n) is 11.8. The topological polar surface area (TPSA) is 118 Å². The summed E-state index contributed by atoms with van der Waals surface area (Å²) in [5, 5.41) is 18.4. The van der Waals surface area contributed by atoms with Gasteiger partial charge in [0.25, 0.3) is 11.6 Å². The summed E-state index contributed by atoms with van der Waals surface area (Å²) in [5.41, 5.74) is 4.41. The molecule has 0 saturated carbocycles. The Morgan fingerprint density at radius 2 is 1.71 bits per heavy atom. The number of nitro benzene ring substituents is 1. The summed E-state index contributed by atoms with van der Waals surface area (Å²) < 4.78 is 18.3. The van der Waals surface area contributed by atoms with Crippen LogP contribution in [-0.2, 0) is 13.2 Å². The third kappa shape index (κ3) is 5.92. The lowest BCUT2D eigenvalue weighted by Crippen LogP contribution is -2.14. The number of rotatable bonds is 10. The van der Waals surface area contributed by atoms with Crippen LogP contribution in [0.1, 0.15) is 32.9 Å².